The second-order valence-electron chi connectivity index (χ2n) is 5.65. The van der Waals surface area contributed by atoms with Crippen LogP contribution in [0.15, 0.2) is 59.5 Å². The maximum absolute atomic E-state index is 12.4. The topological polar surface area (TPSA) is 72.5 Å². The Morgan fingerprint density at radius 3 is 2.17 bits per heavy atom. The number of rotatable bonds is 6. The van der Waals surface area contributed by atoms with Crippen molar-refractivity contribution in [1.29, 1.82) is 0 Å². The van der Waals surface area contributed by atoms with Crippen LogP contribution in [0.25, 0.3) is 0 Å². The van der Waals surface area contributed by atoms with Gasteiger partial charge in [0.15, 0.2) is 15.9 Å². The second-order valence-corrected chi connectivity index (χ2v) is 8.12. The van der Waals surface area contributed by atoms with Crippen molar-refractivity contribution >= 4 is 21.4 Å². The molecule has 0 unspecified atom stereocenters. The largest absolute Gasteiger partial charge is 0.481 e. The van der Waals surface area contributed by atoms with Crippen LogP contribution in [0.3, 0.4) is 0 Å². The lowest BCUT2D eigenvalue weighted by atomic mass is 10.3. The van der Waals surface area contributed by atoms with Gasteiger partial charge in [-0.1, -0.05) is 30.3 Å². The predicted molar refractivity (Wildman–Crippen MR) is 93.9 cm³/mol. The van der Waals surface area contributed by atoms with Crippen molar-refractivity contribution in [2.75, 3.05) is 5.32 Å². The summed E-state index contributed by atoms with van der Waals surface area (Å²) in [6.07, 6.45) is -0.762. The second kappa shape index (κ2) is 7.49. The average molecular weight is 347 g/mol. The summed E-state index contributed by atoms with van der Waals surface area (Å²) in [5.74, 6) is 0.161. The van der Waals surface area contributed by atoms with Gasteiger partial charge in [-0.05, 0) is 45.0 Å². The summed E-state index contributed by atoms with van der Waals surface area (Å²) in [5.41, 5.74) is 0.264. The van der Waals surface area contributed by atoms with Crippen LogP contribution >= 0.6 is 0 Å². The number of ether oxygens (including phenoxy) is 1. The molecule has 2 aromatic carbocycles. The van der Waals surface area contributed by atoms with Crippen LogP contribution < -0.4 is 10.1 Å². The minimum absolute atomic E-state index is 0.111. The Morgan fingerprint density at radius 1 is 0.958 bits per heavy atom. The third kappa shape index (κ3) is 4.14. The first-order chi connectivity index (χ1) is 11.3. The molecule has 128 valence electrons. The summed E-state index contributed by atoms with van der Waals surface area (Å²) in [6, 6.07) is 15.4. The third-order valence-corrected chi connectivity index (χ3v) is 5.71. The minimum atomic E-state index is -3.49. The molecule has 2 aromatic rings. The number of nitrogens with one attached hydrogen (secondary N) is 1. The van der Waals surface area contributed by atoms with E-state index in [4.69, 9.17) is 4.74 Å². The molecular formula is C18H21NO4S. The van der Waals surface area contributed by atoms with Crippen molar-refractivity contribution in [3.8, 4) is 5.75 Å². The monoisotopic (exact) mass is 347 g/mol. The molecule has 0 radical (unpaired) electrons. The molecule has 2 rings (SSSR count). The fraction of sp³-hybridized carbons (Fsp3) is 0.278. The van der Waals surface area contributed by atoms with Crippen LogP contribution in [0.1, 0.15) is 20.8 Å². The lowest BCUT2D eigenvalue weighted by Gasteiger charge is -2.17. The summed E-state index contributed by atoms with van der Waals surface area (Å²) >= 11 is 0. The van der Waals surface area contributed by atoms with E-state index < -0.39 is 27.1 Å². The van der Waals surface area contributed by atoms with Crippen molar-refractivity contribution in [3.63, 3.8) is 0 Å². The minimum Gasteiger partial charge on any atom is -0.481 e. The summed E-state index contributed by atoms with van der Waals surface area (Å²) in [6.45, 7) is 4.83. The van der Waals surface area contributed by atoms with Gasteiger partial charge >= 0.3 is 0 Å². The van der Waals surface area contributed by atoms with Gasteiger partial charge in [-0.25, -0.2) is 8.42 Å². The van der Waals surface area contributed by atoms with Crippen molar-refractivity contribution in [3.05, 3.63) is 54.6 Å². The van der Waals surface area contributed by atoms with Crippen LogP contribution in [0.2, 0.25) is 0 Å². The number of para-hydroxylation sites is 2. The van der Waals surface area contributed by atoms with E-state index in [0.29, 0.717) is 5.75 Å². The highest BCUT2D eigenvalue weighted by molar-refractivity contribution is 7.92. The zero-order chi connectivity index (χ0) is 17.7. The first kappa shape index (κ1) is 18.0. The quantitative estimate of drug-likeness (QED) is 0.870. The van der Waals surface area contributed by atoms with Gasteiger partial charge in [0, 0.05) is 0 Å². The highest BCUT2D eigenvalue weighted by atomic mass is 32.2. The van der Waals surface area contributed by atoms with Gasteiger partial charge in [-0.2, -0.15) is 0 Å². The fourth-order valence-electron chi connectivity index (χ4n) is 2.06. The number of carbonyl (C=O) groups excluding carboxylic acids is 1. The summed E-state index contributed by atoms with van der Waals surface area (Å²) < 4.78 is 30.4. The standard InChI is InChI=1S/C18H21NO4S/c1-13(2)24(21,22)17-12-8-7-11-16(17)19-18(20)14(3)23-15-9-5-4-6-10-15/h4-14H,1-3H3,(H,19,20)/t14-/m0/s1. The van der Waals surface area contributed by atoms with Crippen LogP contribution in [0.4, 0.5) is 5.69 Å². The van der Waals surface area contributed by atoms with E-state index in [1.165, 1.54) is 6.07 Å². The zero-order valence-corrected chi connectivity index (χ0v) is 14.7. The van der Waals surface area contributed by atoms with Crippen LogP contribution in [-0.2, 0) is 14.6 Å². The Hall–Kier alpha value is -2.34. The molecule has 0 aromatic heterocycles. The zero-order valence-electron chi connectivity index (χ0n) is 13.9. The summed E-state index contributed by atoms with van der Waals surface area (Å²) in [5, 5.41) is 2.07. The van der Waals surface area contributed by atoms with Gasteiger partial charge < -0.3 is 10.1 Å². The molecule has 0 heterocycles. The predicted octanol–water partition coefficient (Wildman–Crippen LogP) is 3.27. The molecule has 0 spiro atoms. The Balaban J connectivity index is 2.18. The van der Waals surface area contributed by atoms with E-state index in [2.05, 4.69) is 5.32 Å². The van der Waals surface area contributed by atoms with E-state index in [9.17, 15) is 13.2 Å². The highest BCUT2D eigenvalue weighted by Gasteiger charge is 2.24. The van der Waals surface area contributed by atoms with Crippen molar-refractivity contribution in [1.82, 2.24) is 0 Å². The van der Waals surface area contributed by atoms with E-state index in [-0.39, 0.29) is 10.6 Å². The van der Waals surface area contributed by atoms with Gasteiger partial charge in [0.2, 0.25) is 0 Å². The normalized spacial score (nSPS) is 12.7. The number of hydrogen-bond acceptors (Lipinski definition) is 4. The van der Waals surface area contributed by atoms with Gasteiger partial charge in [0.05, 0.1) is 15.8 Å². The molecule has 24 heavy (non-hydrogen) atoms. The Labute approximate surface area is 142 Å². The van der Waals surface area contributed by atoms with Crippen molar-refractivity contribution < 1.29 is 17.9 Å². The number of sulfone groups is 1. The molecule has 0 saturated heterocycles. The van der Waals surface area contributed by atoms with E-state index >= 15 is 0 Å². The lowest BCUT2D eigenvalue weighted by molar-refractivity contribution is -0.122. The molecule has 1 N–H and O–H groups in total. The molecule has 5 nitrogen and oxygen atoms in total. The number of benzene rings is 2. The van der Waals surface area contributed by atoms with Crippen molar-refractivity contribution in [2.45, 2.75) is 37.0 Å². The molecule has 0 aliphatic heterocycles. The SMILES string of the molecule is CC(C)S(=O)(=O)c1ccccc1NC(=O)[C@H](C)Oc1ccccc1. The molecular weight excluding hydrogens is 326 g/mol. The summed E-state index contributed by atoms with van der Waals surface area (Å²) in [4.78, 5) is 12.4. The number of carbonyl (C=O) groups is 1. The maximum Gasteiger partial charge on any atom is 0.265 e. The van der Waals surface area contributed by atoms with E-state index in [1.54, 1.807) is 51.1 Å². The molecule has 0 saturated carbocycles. The number of anilines is 1. The van der Waals surface area contributed by atoms with Gasteiger partial charge in [-0.15, -0.1) is 0 Å². The van der Waals surface area contributed by atoms with E-state index in [0.717, 1.165) is 0 Å². The Morgan fingerprint density at radius 2 is 1.54 bits per heavy atom. The third-order valence-electron chi connectivity index (χ3n) is 3.50. The molecule has 1 amide bonds. The van der Waals surface area contributed by atoms with E-state index in [1.807, 2.05) is 18.2 Å². The smallest absolute Gasteiger partial charge is 0.265 e. The lowest BCUT2D eigenvalue weighted by Crippen LogP contribution is -2.31. The Bertz CT molecular complexity index is 801. The molecule has 0 aliphatic carbocycles. The number of hydrogen-bond donors (Lipinski definition) is 1. The van der Waals surface area contributed by atoms with Crippen LogP contribution in [0.5, 0.6) is 5.75 Å². The van der Waals surface area contributed by atoms with Crippen LogP contribution in [-0.4, -0.2) is 25.7 Å². The summed E-state index contributed by atoms with van der Waals surface area (Å²) in [7, 11) is -3.49. The maximum atomic E-state index is 12.4. The number of amides is 1. The first-order valence-electron chi connectivity index (χ1n) is 7.68. The first-order valence-corrected chi connectivity index (χ1v) is 9.22. The molecule has 0 bridgehead atoms. The molecule has 0 fully saturated rings. The average Bonchev–Trinajstić information content (AvgIpc) is 2.56. The molecule has 0 aliphatic rings. The Kier molecular flexibility index (Phi) is 5.62. The highest BCUT2D eigenvalue weighted by Crippen LogP contribution is 2.25. The van der Waals surface area contributed by atoms with Gasteiger partial charge in [-0.3, -0.25) is 4.79 Å². The fourth-order valence-corrected chi connectivity index (χ4v) is 3.26. The molecule has 6 heteroatoms. The molecule has 1 atom stereocenters. The van der Waals surface area contributed by atoms with Gasteiger partial charge in [0.25, 0.3) is 5.91 Å². The van der Waals surface area contributed by atoms with Gasteiger partial charge in [0.1, 0.15) is 5.75 Å². The van der Waals surface area contributed by atoms with Crippen molar-refractivity contribution in [2.24, 2.45) is 0 Å². The van der Waals surface area contributed by atoms with Crippen LogP contribution in [0, 0.1) is 0 Å².